The predicted molar refractivity (Wildman–Crippen MR) is 147 cm³/mol. The van der Waals surface area contributed by atoms with Crippen molar-refractivity contribution in [3.05, 3.63) is 41.4 Å². The molecular weight excluding hydrogens is 559 g/mol. The highest BCUT2D eigenvalue weighted by Gasteiger charge is 2.35. The minimum absolute atomic E-state index is 0.0176. The Morgan fingerprint density at radius 1 is 1.18 bits per heavy atom. The number of nitrogens with zero attached hydrogens (tertiary/aromatic N) is 5. The molecule has 3 aromatic rings. The molecule has 1 saturated heterocycles. The van der Waals surface area contributed by atoms with Crippen LogP contribution in [0.25, 0.3) is 11.2 Å². The molecule has 14 heteroatoms. The highest BCUT2D eigenvalue weighted by atomic mass is 35.5. The summed E-state index contributed by atoms with van der Waals surface area (Å²) in [6, 6.07) is 8.14. The number of aliphatic hydroxyl groups is 2. The van der Waals surface area contributed by atoms with Crippen molar-refractivity contribution in [1.82, 2.24) is 19.5 Å². The smallest absolute Gasteiger partial charge is 0.303 e. The second-order valence-electron chi connectivity index (χ2n) is 8.60. The van der Waals surface area contributed by atoms with Gasteiger partial charge in [0, 0.05) is 43.4 Å². The quantitative estimate of drug-likeness (QED) is 0.193. The number of hydrogen-bond donors (Lipinski definition) is 4. The maximum Gasteiger partial charge on any atom is 0.303 e. The van der Waals surface area contributed by atoms with Gasteiger partial charge in [0.05, 0.1) is 19.0 Å². The first kappa shape index (κ1) is 30.1. The van der Waals surface area contributed by atoms with Crippen LogP contribution in [-0.2, 0) is 16.0 Å². The summed E-state index contributed by atoms with van der Waals surface area (Å²) < 4.78 is 7.16. The number of anilines is 2. The number of halogens is 3. The molecule has 3 atom stereocenters. The van der Waals surface area contributed by atoms with Gasteiger partial charge in [0.25, 0.3) is 0 Å². The number of nitrogen functional groups attached to an aromatic ring is 1. The van der Waals surface area contributed by atoms with Gasteiger partial charge in [-0.2, -0.15) is 9.97 Å². The molecule has 38 heavy (non-hydrogen) atoms. The number of aryl methyl sites for hydroxylation is 1. The van der Waals surface area contributed by atoms with Gasteiger partial charge in [0.15, 0.2) is 11.5 Å². The Kier molecular flexibility index (Phi) is 11.6. The Balaban J connectivity index is 0.000000211. The van der Waals surface area contributed by atoms with E-state index in [1.165, 1.54) is 6.33 Å². The van der Waals surface area contributed by atoms with E-state index in [-0.39, 0.29) is 24.1 Å². The molecule has 5 N–H and O–H groups in total. The van der Waals surface area contributed by atoms with Gasteiger partial charge in [0.1, 0.15) is 17.8 Å². The average Bonchev–Trinajstić information content (AvgIpc) is 3.47. The molecule has 1 fully saturated rings. The number of rotatable bonds is 11. The van der Waals surface area contributed by atoms with Crippen LogP contribution in [0.5, 0.6) is 0 Å². The number of ether oxygens (including phenoxy) is 1. The molecule has 0 spiro atoms. The Morgan fingerprint density at radius 3 is 2.45 bits per heavy atom. The molecule has 4 rings (SSSR count). The number of aliphatic hydroxyl groups excluding tert-OH is 2. The summed E-state index contributed by atoms with van der Waals surface area (Å²) in [6.07, 6.45) is 1.69. The third kappa shape index (κ3) is 8.05. The molecule has 1 aromatic carbocycles. The van der Waals surface area contributed by atoms with Gasteiger partial charge < -0.3 is 30.7 Å². The van der Waals surface area contributed by atoms with E-state index in [4.69, 9.17) is 55.5 Å². The number of hydrogen-bond acceptors (Lipinski definition) is 9. The van der Waals surface area contributed by atoms with Gasteiger partial charge in [-0.3, -0.25) is 9.36 Å². The lowest BCUT2D eigenvalue weighted by molar-refractivity contribution is -0.137. The van der Waals surface area contributed by atoms with Crippen molar-refractivity contribution in [1.29, 1.82) is 0 Å². The first-order chi connectivity index (χ1) is 18.3. The van der Waals surface area contributed by atoms with Crippen molar-refractivity contribution in [3.8, 4) is 0 Å². The van der Waals surface area contributed by atoms with Crippen LogP contribution >= 0.6 is 34.8 Å². The lowest BCUT2D eigenvalue weighted by Gasteiger charge is -2.23. The van der Waals surface area contributed by atoms with E-state index < -0.39 is 24.4 Å². The fourth-order valence-electron chi connectivity index (χ4n) is 4.06. The van der Waals surface area contributed by atoms with Crippen LogP contribution in [0.15, 0.2) is 30.6 Å². The average molecular weight is 590 g/mol. The second-order valence-corrected chi connectivity index (χ2v) is 9.69. The van der Waals surface area contributed by atoms with Crippen molar-refractivity contribution >= 4 is 63.4 Å². The molecule has 1 aliphatic rings. The number of aromatic nitrogens is 4. The zero-order valence-corrected chi connectivity index (χ0v) is 22.9. The number of alkyl halides is 2. The van der Waals surface area contributed by atoms with Gasteiger partial charge in [-0.25, -0.2) is 4.98 Å². The second kappa shape index (κ2) is 14.7. The molecule has 0 unspecified atom stereocenters. The molecule has 2 aromatic heterocycles. The number of fused-ring (bicyclic) bond motifs is 1. The first-order valence-corrected chi connectivity index (χ1v) is 13.5. The Hall–Kier alpha value is -2.41. The molecule has 0 saturated carbocycles. The van der Waals surface area contributed by atoms with Gasteiger partial charge in [-0.1, -0.05) is 12.1 Å². The SMILES string of the molecule is Nc1nc(Cl)nc2c1ncn2[C@H]1C[C@H](O)[C@@H](CO)O1.O=C(O)CCCc1ccc(N(CCCl)CCCl)cc1. The fraction of sp³-hybridized carbons (Fsp3) is 0.500. The number of aliphatic carboxylic acids is 1. The van der Waals surface area contributed by atoms with Crippen molar-refractivity contribution in [2.24, 2.45) is 0 Å². The molecular formula is C24H31Cl3N6O5. The zero-order chi connectivity index (χ0) is 27.7. The van der Waals surface area contributed by atoms with Crippen LogP contribution in [0, 0.1) is 0 Å². The molecule has 208 valence electrons. The largest absolute Gasteiger partial charge is 0.481 e. The number of benzene rings is 1. The number of carboxylic acids is 1. The van der Waals surface area contributed by atoms with Crippen LogP contribution in [0.3, 0.4) is 0 Å². The lowest BCUT2D eigenvalue weighted by atomic mass is 10.1. The van der Waals surface area contributed by atoms with Crippen molar-refractivity contribution in [3.63, 3.8) is 0 Å². The third-order valence-electron chi connectivity index (χ3n) is 5.98. The summed E-state index contributed by atoms with van der Waals surface area (Å²) in [5, 5.41) is 27.4. The zero-order valence-electron chi connectivity index (χ0n) is 20.6. The number of nitrogens with two attached hydrogens (primary N) is 1. The summed E-state index contributed by atoms with van der Waals surface area (Å²) in [7, 11) is 0. The maximum atomic E-state index is 10.4. The van der Waals surface area contributed by atoms with Gasteiger partial charge in [-0.05, 0) is 42.1 Å². The highest BCUT2D eigenvalue weighted by Crippen LogP contribution is 2.31. The van der Waals surface area contributed by atoms with Gasteiger partial charge in [0.2, 0.25) is 5.28 Å². The standard InChI is InChI=1S/C14H19Cl2NO2.C10H12ClN5O3/c15-8-10-17(11-9-16)13-6-4-12(5-7-13)2-1-3-14(18)19;11-10-14-8(12)7-9(15-10)16(3-13-7)6-1-4(18)5(2-17)19-6/h4-7H,1-3,8-11H2,(H,18,19);3-6,17-18H,1-2H2,(H2,12,14,15)/t;4-,5+,6+/m.0/s1. The Bertz CT molecular complexity index is 1180. The lowest BCUT2D eigenvalue weighted by Crippen LogP contribution is -2.27. The van der Waals surface area contributed by atoms with Crippen LogP contribution in [0.2, 0.25) is 5.28 Å². The first-order valence-electron chi connectivity index (χ1n) is 12.0. The molecule has 3 heterocycles. The Morgan fingerprint density at radius 2 is 1.87 bits per heavy atom. The van der Waals surface area contributed by atoms with Crippen LogP contribution in [0.4, 0.5) is 11.5 Å². The van der Waals surface area contributed by atoms with E-state index >= 15 is 0 Å². The van der Waals surface area contributed by atoms with Crippen molar-refractivity contribution < 1.29 is 24.9 Å². The van der Waals surface area contributed by atoms with E-state index in [1.807, 2.05) is 24.3 Å². The molecule has 0 bridgehead atoms. The fourth-order valence-corrected chi connectivity index (χ4v) is 4.64. The molecule has 0 aliphatic carbocycles. The van der Waals surface area contributed by atoms with Crippen molar-refractivity contribution in [2.75, 3.05) is 42.1 Å². The molecule has 11 nitrogen and oxygen atoms in total. The molecule has 0 amide bonds. The van der Waals surface area contributed by atoms with Crippen molar-refractivity contribution in [2.45, 2.75) is 44.1 Å². The topological polar surface area (TPSA) is 160 Å². The minimum atomic E-state index is -0.743. The van der Waals surface area contributed by atoms with Crippen LogP contribution in [0.1, 0.15) is 31.1 Å². The molecule has 0 radical (unpaired) electrons. The minimum Gasteiger partial charge on any atom is -0.481 e. The molecule has 1 aliphatic heterocycles. The monoisotopic (exact) mass is 588 g/mol. The van der Waals surface area contributed by atoms with Gasteiger partial charge in [-0.15, -0.1) is 23.2 Å². The summed E-state index contributed by atoms with van der Waals surface area (Å²) in [6.45, 7) is 1.29. The highest BCUT2D eigenvalue weighted by molar-refractivity contribution is 6.28. The third-order valence-corrected chi connectivity index (χ3v) is 6.49. The summed E-state index contributed by atoms with van der Waals surface area (Å²) in [4.78, 5) is 24.6. The van der Waals surface area contributed by atoms with E-state index in [0.717, 1.165) is 30.8 Å². The van der Waals surface area contributed by atoms with E-state index in [1.54, 1.807) is 4.57 Å². The number of imidazole rings is 1. The van der Waals surface area contributed by atoms with E-state index in [2.05, 4.69) is 19.9 Å². The predicted octanol–water partition coefficient (Wildman–Crippen LogP) is 3.08. The summed E-state index contributed by atoms with van der Waals surface area (Å²) >= 11 is 17.3. The van der Waals surface area contributed by atoms with E-state index in [9.17, 15) is 9.90 Å². The number of carbonyl (C=O) groups is 1. The Labute approximate surface area is 235 Å². The summed E-state index contributed by atoms with van der Waals surface area (Å²) in [5.74, 6) is 0.576. The number of carboxylic acid groups (broad SMARTS) is 1. The van der Waals surface area contributed by atoms with Crippen LogP contribution in [-0.4, -0.2) is 84.5 Å². The summed E-state index contributed by atoms with van der Waals surface area (Å²) in [5.41, 5.74) is 8.83. The van der Waals surface area contributed by atoms with Gasteiger partial charge >= 0.3 is 5.97 Å². The van der Waals surface area contributed by atoms with Crippen LogP contribution < -0.4 is 10.6 Å². The normalized spacial score (nSPS) is 18.8. The maximum absolute atomic E-state index is 10.4. The van der Waals surface area contributed by atoms with E-state index in [0.29, 0.717) is 35.8 Å².